The highest BCUT2D eigenvalue weighted by atomic mass is 32.2. The molecule has 3 rings (SSSR count). The third-order valence-electron chi connectivity index (χ3n) is 4.18. The van der Waals surface area contributed by atoms with E-state index in [9.17, 15) is 28.6 Å². The molecular weight excluding hydrogens is 428 g/mol. The van der Waals surface area contributed by atoms with Gasteiger partial charge in [0.2, 0.25) is 5.95 Å². The Morgan fingerprint density at radius 3 is 2.29 bits per heavy atom. The molecule has 0 radical (unpaired) electrons. The quantitative estimate of drug-likeness (QED) is 0.391. The minimum Gasteiger partial charge on any atom is -0.348 e. The van der Waals surface area contributed by atoms with Gasteiger partial charge in [0.25, 0.3) is 21.4 Å². The van der Waals surface area contributed by atoms with Gasteiger partial charge >= 0.3 is 0 Å². The minimum absolute atomic E-state index is 0.0373. The van der Waals surface area contributed by atoms with E-state index < -0.39 is 19.9 Å². The van der Waals surface area contributed by atoms with Gasteiger partial charge in [0, 0.05) is 30.5 Å². The number of nitro groups is 2. The number of non-ortho nitro benzene ring substituents is 2. The monoisotopic (exact) mass is 444 g/mol. The molecule has 1 heterocycles. The molecular formula is C18H16N6O6S. The van der Waals surface area contributed by atoms with Crippen LogP contribution in [-0.2, 0) is 10.0 Å². The summed E-state index contributed by atoms with van der Waals surface area (Å²) in [6, 6.07) is 11.6. The molecule has 2 N–H and O–H groups in total. The number of aromatic nitrogens is 2. The molecule has 0 aliphatic carbocycles. The standard InChI is InChI=1S/C18H16N6O6S/c1-12(13-5-7-14(8-6-13)23(25)26)20-18-19-10-9-17(21-18)22-31(29,30)16-4-2-3-15(11-16)24(27)28/h2-12H,1H3,(H2,19,20,21,22)/t12-/m0/s1. The van der Waals surface area contributed by atoms with Gasteiger partial charge < -0.3 is 5.32 Å². The van der Waals surface area contributed by atoms with Gasteiger partial charge in [-0.1, -0.05) is 18.2 Å². The fraction of sp³-hybridized carbons (Fsp3) is 0.111. The minimum atomic E-state index is -4.12. The van der Waals surface area contributed by atoms with Crippen LogP contribution in [0.25, 0.3) is 0 Å². The van der Waals surface area contributed by atoms with Gasteiger partial charge in [-0.15, -0.1) is 0 Å². The molecule has 31 heavy (non-hydrogen) atoms. The van der Waals surface area contributed by atoms with Crippen molar-refractivity contribution >= 4 is 33.2 Å². The van der Waals surface area contributed by atoms with E-state index >= 15 is 0 Å². The second-order valence-electron chi connectivity index (χ2n) is 6.34. The van der Waals surface area contributed by atoms with Crippen LogP contribution in [-0.4, -0.2) is 28.2 Å². The smallest absolute Gasteiger partial charge is 0.270 e. The maximum atomic E-state index is 12.5. The SMILES string of the molecule is C[C@H](Nc1nccc(NS(=O)(=O)c2cccc([N+](=O)[O-])c2)n1)c1ccc([N+](=O)[O-])cc1. The summed E-state index contributed by atoms with van der Waals surface area (Å²) in [5, 5.41) is 24.6. The van der Waals surface area contributed by atoms with Crippen molar-refractivity contribution in [1.29, 1.82) is 0 Å². The molecule has 0 saturated carbocycles. The molecule has 0 fully saturated rings. The number of benzene rings is 2. The predicted molar refractivity (Wildman–Crippen MR) is 111 cm³/mol. The van der Waals surface area contributed by atoms with Crippen LogP contribution in [0.5, 0.6) is 0 Å². The fourth-order valence-electron chi connectivity index (χ4n) is 2.61. The van der Waals surface area contributed by atoms with Crippen LogP contribution >= 0.6 is 0 Å². The molecule has 0 aliphatic heterocycles. The molecule has 0 bridgehead atoms. The van der Waals surface area contributed by atoms with E-state index in [2.05, 4.69) is 20.0 Å². The molecule has 13 heteroatoms. The molecule has 2 aromatic carbocycles. The number of rotatable bonds is 8. The number of sulfonamides is 1. The zero-order valence-corrected chi connectivity index (χ0v) is 16.8. The van der Waals surface area contributed by atoms with Gasteiger partial charge in [-0.25, -0.2) is 13.4 Å². The van der Waals surface area contributed by atoms with Crippen molar-refractivity contribution in [3.8, 4) is 0 Å². The zero-order valence-electron chi connectivity index (χ0n) is 16.0. The molecule has 0 aliphatic rings. The Morgan fingerprint density at radius 1 is 0.968 bits per heavy atom. The molecule has 0 spiro atoms. The third-order valence-corrected chi connectivity index (χ3v) is 5.54. The van der Waals surface area contributed by atoms with Crippen molar-refractivity contribution in [2.75, 3.05) is 10.0 Å². The summed E-state index contributed by atoms with van der Waals surface area (Å²) in [6.07, 6.45) is 1.34. The Balaban J connectivity index is 1.76. The molecule has 0 saturated heterocycles. The van der Waals surface area contributed by atoms with Gasteiger partial charge in [-0.05, 0) is 24.6 Å². The molecule has 12 nitrogen and oxygen atoms in total. The summed E-state index contributed by atoms with van der Waals surface area (Å²) in [5.74, 6) is 0.0741. The second-order valence-corrected chi connectivity index (χ2v) is 8.02. The normalized spacial score (nSPS) is 12.0. The van der Waals surface area contributed by atoms with Crippen molar-refractivity contribution in [2.24, 2.45) is 0 Å². The second kappa shape index (κ2) is 8.71. The lowest BCUT2D eigenvalue weighted by Gasteiger charge is -2.15. The van der Waals surface area contributed by atoms with Crippen molar-refractivity contribution in [1.82, 2.24) is 9.97 Å². The summed E-state index contributed by atoms with van der Waals surface area (Å²) in [5.41, 5.74) is 0.339. The first kappa shape index (κ1) is 21.6. The summed E-state index contributed by atoms with van der Waals surface area (Å²) in [4.78, 5) is 28.3. The van der Waals surface area contributed by atoms with E-state index in [4.69, 9.17) is 0 Å². The number of anilines is 2. The highest BCUT2D eigenvalue weighted by molar-refractivity contribution is 7.92. The number of nitrogens with one attached hydrogen (secondary N) is 2. The van der Waals surface area contributed by atoms with Crippen LogP contribution in [0.1, 0.15) is 18.5 Å². The van der Waals surface area contributed by atoms with Crippen LogP contribution in [0.15, 0.2) is 65.7 Å². The number of nitro benzene ring substituents is 2. The van der Waals surface area contributed by atoms with Crippen LogP contribution in [0.2, 0.25) is 0 Å². The molecule has 1 atom stereocenters. The summed E-state index contributed by atoms with van der Waals surface area (Å²) in [7, 11) is -4.12. The first-order chi connectivity index (χ1) is 14.7. The maximum Gasteiger partial charge on any atom is 0.270 e. The van der Waals surface area contributed by atoms with Crippen molar-refractivity contribution in [3.05, 3.63) is 86.6 Å². The highest BCUT2D eigenvalue weighted by Gasteiger charge is 2.19. The summed E-state index contributed by atoms with van der Waals surface area (Å²) < 4.78 is 27.4. The first-order valence-corrected chi connectivity index (χ1v) is 10.3. The maximum absolute atomic E-state index is 12.5. The first-order valence-electron chi connectivity index (χ1n) is 8.77. The van der Waals surface area contributed by atoms with Crippen LogP contribution in [0.4, 0.5) is 23.1 Å². The Morgan fingerprint density at radius 2 is 1.65 bits per heavy atom. The Kier molecular flexibility index (Phi) is 6.06. The van der Waals surface area contributed by atoms with Crippen molar-refractivity contribution < 1.29 is 18.3 Å². The van der Waals surface area contributed by atoms with Gasteiger partial charge in [0.15, 0.2) is 0 Å². The van der Waals surface area contributed by atoms with E-state index in [0.717, 1.165) is 11.6 Å². The highest BCUT2D eigenvalue weighted by Crippen LogP contribution is 2.22. The van der Waals surface area contributed by atoms with Crippen molar-refractivity contribution in [3.63, 3.8) is 0 Å². The third kappa shape index (κ3) is 5.27. The van der Waals surface area contributed by atoms with Gasteiger partial charge in [-0.2, -0.15) is 4.98 Å². The van der Waals surface area contributed by atoms with E-state index in [1.807, 2.05) is 0 Å². The summed E-state index contributed by atoms with van der Waals surface area (Å²) >= 11 is 0. The molecule has 3 aromatic rings. The fourth-order valence-corrected chi connectivity index (χ4v) is 3.65. The molecule has 1 aromatic heterocycles. The van der Waals surface area contributed by atoms with E-state index in [1.54, 1.807) is 19.1 Å². The van der Waals surface area contributed by atoms with Crippen molar-refractivity contribution in [2.45, 2.75) is 17.9 Å². The lowest BCUT2D eigenvalue weighted by atomic mass is 10.1. The van der Waals surface area contributed by atoms with Gasteiger partial charge in [-0.3, -0.25) is 25.0 Å². The topological polar surface area (TPSA) is 170 Å². The Hall–Kier alpha value is -4.13. The Labute approximate surface area is 176 Å². The lowest BCUT2D eigenvalue weighted by molar-refractivity contribution is -0.385. The summed E-state index contributed by atoms with van der Waals surface area (Å²) in [6.45, 7) is 1.78. The number of nitrogens with zero attached hydrogens (tertiary/aromatic N) is 4. The largest absolute Gasteiger partial charge is 0.348 e. The zero-order chi connectivity index (χ0) is 22.6. The van der Waals surface area contributed by atoms with Gasteiger partial charge in [0.1, 0.15) is 5.82 Å². The van der Waals surface area contributed by atoms with Crippen LogP contribution in [0.3, 0.4) is 0 Å². The molecule has 0 unspecified atom stereocenters. The van der Waals surface area contributed by atoms with Crippen LogP contribution < -0.4 is 10.0 Å². The Bertz CT molecular complexity index is 1230. The van der Waals surface area contributed by atoms with E-state index in [1.165, 1.54) is 42.6 Å². The average molecular weight is 444 g/mol. The predicted octanol–water partition coefficient (Wildman–Crippen LogP) is 3.27. The van der Waals surface area contributed by atoms with E-state index in [-0.39, 0.29) is 34.1 Å². The van der Waals surface area contributed by atoms with E-state index in [0.29, 0.717) is 0 Å². The molecule has 160 valence electrons. The molecule has 0 amide bonds. The van der Waals surface area contributed by atoms with Gasteiger partial charge in [0.05, 0.1) is 20.8 Å². The average Bonchev–Trinajstić information content (AvgIpc) is 2.73. The lowest BCUT2D eigenvalue weighted by Crippen LogP contribution is -2.15. The number of hydrogen-bond acceptors (Lipinski definition) is 9. The number of hydrogen-bond donors (Lipinski definition) is 2. The van der Waals surface area contributed by atoms with Crippen LogP contribution in [0, 0.1) is 20.2 Å².